The average Bonchev–Trinajstić information content (AvgIpc) is 2.06. The van der Waals surface area contributed by atoms with Crippen LogP contribution in [0.5, 0.6) is 0 Å². The van der Waals surface area contributed by atoms with Crippen LogP contribution in [0, 0.1) is 6.92 Å². The Morgan fingerprint density at radius 1 is 1.27 bits per heavy atom. The minimum absolute atomic E-state index is 0.294. The number of hydrogen-bond donors (Lipinski definition) is 1. The van der Waals surface area contributed by atoms with Gasteiger partial charge in [-0.25, -0.2) is 0 Å². The van der Waals surface area contributed by atoms with Crippen molar-refractivity contribution in [2.24, 2.45) is 0 Å². The van der Waals surface area contributed by atoms with Crippen molar-refractivity contribution in [1.82, 2.24) is 0 Å². The molecule has 1 atom stereocenters. The van der Waals surface area contributed by atoms with E-state index in [-0.39, 0.29) is 6.10 Å². The van der Waals surface area contributed by atoms with Gasteiger partial charge in [-0.2, -0.15) is 0 Å². The van der Waals surface area contributed by atoms with Gasteiger partial charge in [0.05, 0.1) is 6.10 Å². The molecular formula is C10H13O. The molecule has 0 bridgehead atoms. The molecule has 1 N–H and O–H groups in total. The van der Waals surface area contributed by atoms with Crippen molar-refractivity contribution in [2.75, 3.05) is 0 Å². The maximum Gasteiger partial charge on any atom is 0.0580 e. The Morgan fingerprint density at radius 3 is 2.45 bits per heavy atom. The van der Waals surface area contributed by atoms with Crippen LogP contribution in [-0.2, 0) is 6.42 Å². The molecule has 1 heteroatoms. The van der Waals surface area contributed by atoms with Gasteiger partial charge in [0.25, 0.3) is 0 Å². The number of hydrogen-bond acceptors (Lipinski definition) is 1. The number of aliphatic hydroxyl groups excluding tert-OH is 1. The van der Waals surface area contributed by atoms with Gasteiger partial charge in [-0.05, 0) is 18.4 Å². The fourth-order valence-electron chi connectivity index (χ4n) is 0.988. The second-order valence-electron chi connectivity index (χ2n) is 2.63. The third-order valence-electron chi connectivity index (χ3n) is 1.65. The van der Waals surface area contributed by atoms with E-state index in [0.717, 1.165) is 0 Å². The van der Waals surface area contributed by atoms with Gasteiger partial charge < -0.3 is 5.11 Å². The smallest absolute Gasteiger partial charge is 0.0580 e. The number of rotatable bonds is 3. The summed E-state index contributed by atoms with van der Waals surface area (Å²) in [6.45, 7) is 3.63. The van der Waals surface area contributed by atoms with E-state index in [0.29, 0.717) is 12.8 Å². The number of aliphatic hydroxyl groups is 1. The summed E-state index contributed by atoms with van der Waals surface area (Å²) in [6.07, 6.45) is 0.997. The van der Waals surface area contributed by atoms with E-state index >= 15 is 0 Å². The zero-order valence-corrected chi connectivity index (χ0v) is 6.53. The van der Waals surface area contributed by atoms with Crippen molar-refractivity contribution in [2.45, 2.75) is 18.9 Å². The van der Waals surface area contributed by atoms with Crippen molar-refractivity contribution >= 4 is 0 Å². The van der Waals surface area contributed by atoms with Crippen LogP contribution < -0.4 is 0 Å². The van der Waals surface area contributed by atoms with Gasteiger partial charge in [0.1, 0.15) is 0 Å². The maximum atomic E-state index is 9.25. The second-order valence-corrected chi connectivity index (χ2v) is 2.63. The van der Waals surface area contributed by atoms with Crippen molar-refractivity contribution < 1.29 is 5.11 Å². The molecule has 0 spiro atoms. The van der Waals surface area contributed by atoms with E-state index in [1.807, 2.05) is 30.3 Å². The topological polar surface area (TPSA) is 20.2 Å². The first-order valence-electron chi connectivity index (χ1n) is 3.84. The van der Waals surface area contributed by atoms with Crippen LogP contribution in [0.2, 0.25) is 0 Å². The molecule has 0 saturated carbocycles. The second kappa shape index (κ2) is 4.14. The SMILES string of the molecule is [CH2]CC(O)Cc1ccccc1. The maximum absolute atomic E-state index is 9.25. The van der Waals surface area contributed by atoms with Gasteiger partial charge in [0.15, 0.2) is 0 Å². The summed E-state index contributed by atoms with van der Waals surface area (Å²) in [5.41, 5.74) is 1.17. The third kappa shape index (κ3) is 2.72. The minimum Gasteiger partial charge on any atom is -0.393 e. The van der Waals surface area contributed by atoms with E-state index in [9.17, 15) is 5.11 Å². The fourth-order valence-corrected chi connectivity index (χ4v) is 0.988. The average molecular weight is 149 g/mol. The van der Waals surface area contributed by atoms with Crippen molar-refractivity contribution in [3.63, 3.8) is 0 Å². The van der Waals surface area contributed by atoms with Gasteiger partial charge in [-0.15, -0.1) is 0 Å². The standard InChI is InChI=1S/C10H13O/c1-2-10(11)8-9-6-4-3-5-7-9/h3-7,10-11H,1-2,8H2. The van der Waals surface area contributed by atoms with Gasteiger partial charge in [-0.1, -0.05) is 37.3 Å². The molecule has 0 saturated heterocycles. The lowest BCUT2D eigenvalue weighted by Gasteiger charge is -2.06. The predicted molar refractivity (Wildman–Crippen MR) is 46.1 cm³/mol. The summed E-state index contributed by atoms with van der Waals surface area (Å²) in [5, 5.41) is 9.25. The molecule has 1 rings (SSSR count). The Bertz CT molecular complexity index is 193. The summed E-state index contributed by atoms with van der Waals surface area (Å²) >= 11 is 0. The van der Waals surface area contributed by atoms with Crippen LogP contribution in [0.1, 0.15) is 12.0 Å². The van der Waals surface area contributed by atoms with E-state index in [1.165, 1.54) is 5.56 Å². The summed E-state index contributed by atoms with van der Waals surface area (Å²) in [4.78, 5) is 0. The van der Waals surface area contributed by atoms with Crippen molar-refractivity contribution in [3.05, 3.63) is 42.8 Å². The van der Waals surface area contributed by atoms with Crippen molar-refractivity contribution in [1.29, 1.82) is 0 Å². The van der Waals surface area contributed by atoms with Gasteiger partial charge in [-0.3, -0.25) is 0 Å². The Balaban J connectivity index is 2.51. The Labute approximate surface area is 67.7 Å². The quantitative estimate of drug-likeness (QED) is 0.695. The molecule has 1 nitrogen and oxygen atoms in total. The molecule has 0 aliphatic heterocycles. The van der Waals surface area contributed by atoms with Gasteiger partial charge >= 0.3 is 0 Å². The lowest BCUT2D eigenvalue weighted by Crippen LogP contribution is -2.07. The molecule has 0 aliphatic carbocycles. The Kier molecular flexibility index (Phi) is 3.12. The molecular weight excluding hydrogens is 136 g/mol. The summed E-state index contributed by atoms with van der Waals surface area (Å²) < 4.78 is 0. The molecule has 0 fully saturated rings. The molecule has 1 aromatic carbocycles. The minimum atomic E-state index is -0.294. The summed E-state index contributed by atoms with van der Waals surface area (Å²) in [6, 6.07) is 9.95. The van der Waals surface area contributed by atoms with Gasteiger partial charge in [0, 0.05) is 0 Å². The van der Waals surface area contributed by atoms with E-state index in [4.69, 9.17) is 0 Å². The van der Waals surface area contributed by atoms with Crippen molar-refractivity contribution in [3.8, 4) is 0 Å². The molecule has 0 aromatic heterocycles. The lowest BCUT2D eigenvalue weighted by molar-refractivity contribution is 0.177. The van der Waals surface area contributed by atoms with Crippen LogP contribution in [0.4, 0.5) is 0 Å². The van der Waals surface area contributed by atoms with E-state index in [1.54, 1.807) is 0 Å². The molecule has 0 aliphatic rings. The van der Waals surface area contributed by atoms with Crippen LogP contribution in [0.25, 0.3) is 0 Å². The van der Waals surface area contributed by atoms with Crippen LogP contribution in [0.15, 0.2) is 30.3 Å². The molecule has 59 valence electrons. The first-order chi connectivity index (χ1) is 5.33. The molecule has 0 heterocycles. The number of benzene rings is 1. The highest BCUT2D eigenvalue weighted by molar-refractivity contribution is 5.15. The van der Waals surface area contributed by atoms with Gasteiger partial charge in [0.2, 0.25) is 0 Å². The predicted octanol–water partition coefficient (Wildman–Crippen LogP) is 1.81. The summed E-state index contributed by atoms with van der Waals surface area (Å²) in [7, 11) is 0. The van der Waals surface area contributed by atoms with Crippen LogP contribution in [0.3, 0.4) is 0 Å². The lowest BCUT2D eigenvalue weighted by atomic mass is 10.1. The third-order valence-corrected chi connectivity index (χ3v) is 1.65. The first-order valence-corrected chi connectivity index (χ1v) is 3.84. The van der Waals surface area contributed by atoms with E-state index in [2.05, 4.69) is 6.92 Å². The normalized spacial score (nSPS) is 12.9. The largest absolute Gasteiger partial charge is 0.393 e. The molecule has 1 radical (unpaired) electrons. The molecule has 1 aromatic rings. The summed E-state index contributed by atoms with van der Waals surface area (Å²) in [5.74, 6) is 0. The Hall–Kier alpha value is -0.820. The van der Waals surface area contributed by atoms with Crippen LogP contribution in [-0.4, -0.2) is 11.2 Å². The highest BCUT2D eigenvalue weighted by Gasteiger charge is 2.00. The highest BCUT2D eigenvalue weighted by atomic mass is 16.3. The molecule has 0 amide bonds. The highest BCUT2D eigenvalue weighted by Crippen LogP contribution is 2.04. The molecule has 11 heavy (non-hydrogen) atoms. The fraction of sp³-hybridized carbons (Fsp3) is 0.300. The Morgan fingerprint density at radius 2 is 1.91 bits per heavy atom. The zero-order chi connectivity index (χ0) is 8.10. The monoisotopic (exact) mass is 149 g/mol. The molecule has 1 unspecified atom stereocenters. The van der Waals surface area contributed by atoms with Crippen LogP contribution >= 0.6 is 0 Å². The first kappa shape index (κ1) is 8.28. The zero-order valence-electron chi connectivity index (χ0n) is 6.53. The van der Waals surface area contributed by atoms with E-state index < -0.39 is 0 Å².